The van der Waals surface area contributed by atoms with E-state index in [1.807, 2.05) is 31.3 Å². The Morgan fingerprint density at radius 3 is 2.42 bits per heavy atom. The van der Waals surface area contributed by atoms with Crippen molar-refractivity contribution >= 4 is 5.78 Å². The number of aryl methyl sites for hydroxylation is 1. The molecule has 2 heterocycles. The molecule has 0 saturated heterocycles. The van der Waals surface area contributed by atoms with Gasteiger partial charge in [-0.25, -0.2) is 0 Å². The Morgan fingerprint density at radius 2 is 1.74 bits per heavy atom. The molecule has 0 spiro atoms. The van der Waals surface area contributed by atoms with Gasteiger partial charge >= 0.3 is 0 Å². The first-order valence-corrected chi connectivity index (χ1v) is 11.0. The second-order valence-electron chi connectivity index (χ2n) is 9.01. The number of benzene rings is 2. The normalized spacial score (nSPS) is 15.9. The molecular weight excluding hydrogens is 386 g/mol. The molecule has 2 aliphatic rings. The molecule has 1 aliphatic carbocycles. The first-order chi connectivity index (χ1) is 15.0. The van der Waals surface area contributed by atoms with Crippen LogP contribution in [-0.2, 0) is 16.6 Å². The van der Waals surface area contributed by atoms with Crippen molar-refractivity contribution in [2.75, 3.05) is 6.79 Å². The van der Waals surface area contributed by atoms with Gasteiger partial charge in [0.2, 0.25) is 6.79 Å². The van der Waals surface area contributed by atoms with Crippen molar-refractivity contribution < 1.29 is 14.3 Å². The summed E-state index contributed by atoms with van der Waals surface area (Å²) in [6.45, 7) is 6.68. The van der Waals surface area contributed by atoms with Crippen molar-refractivity contribution in [2.45, 2.75) is 51.4 Å². The lowest BCUT2D eigenvalue weighted by atomic mass is 9.88. The van der Waals surface area contributed by atoms with E-state index < -0.39 is 5.41 Å². The summed E-state index contributed by atoms with van der Waals surface area (Å²) in [4.78, 5) is 18.0. The third-order valence-electron chi connectivity index (χ3n) is 6.63. The van der Waals surface area contributed by atoms with Gasteiger partial charge in [-0.3, -0.25) is 9.78 Å². The van der Waals surface area contributed by atoms with E-state index in [-0.39, 0.29) is 12.6 Å². The molecule has 0 unspecified atom stereocenters. The number of carbonyl (C=O) groups excluding carboxylic acids is 1. The van der Waals surface area contributed by atoms with Crippen LogP contribution >= 0.6 is 0 Å². The summed E-state index contributed by atoms with van der Waals surface area (Å²) < 4.78 is 10.9. The monoisotopic (exact) mass is 413 g/mol. The minimum Gasteiger partial charge on any atom is -0.454 e. The summed E-state index contributed by atoms with van der Waals surface area (Å²) in [6, 6.07) is 16.7. The van der Waals surface area contributed by atoms with E-state index in [0.717, 1.165) is 52.3 Å². The fourth-order valence-electron chi connectivity index (χ4n) is 4.38. The smallest absolute Gasteiger partial charge is 0.231 e. The topological polar surface area (TPSA) is 48.4 Å². The number of ether oxygens (including phenoxy) is 2. The number of nitrogens with zero attached hydrogens (tertiary/aromatic N) is 1. The van der Waals surface area contributed by atoms with E-state index in [4.69, 9.17) is 9.47 Å². The van der Waals surface area contributed by atoms with Crippen LogP contribution in [-0.4, -0.2) is 17.6 Å². The third kappa shape index (κ3) is 3.60. The molecule has 3 aromatic rings. The fraction of sp³-hybridized carbons (Fsp3) is 0.333. The number of fused-ring (bicyclic) bond motifs is 1. The van der Waals surface area contributed by atoms with Gasteiger partial charge in [0.05, 0.1) is 11.1 Å². The molecule has 1 fully saturated rings. The number of ketones is 1. The minimum atomic E-state index is -0.402. The van der Waals surface area contributed by atoms with Crippen molar-refractivity contribution in [2.24, 2.45) is 0 Å². The first-order valence-electron chi connectivity index (χ1n) is 11.0. The lowest BCUT2D eigenvalue weighted by Gasteiger charge is -2.16. The summed E-state index contributed by atoms with van der Waals surface area (Å²) in [5.41, 5.74) is 6.10. The van der Waals surface area contributed by atoms with E-state index in [9.17, 15) is 4.79 Å². The second kappa shape index (κ2) is 7.52. The molecule has 4 heteroatoms. The van der Waals surface area contributed by atoms with Crippen LogP contribution in [0.1, 0.15) is 55.0 Å². The zero-order valence-corrected chi connectivity index (χ0v) is 18.3. The van der Waals surface area contributed by atoms with Gasteiger partial charge in [-0.15, -0.1) is 0 Å². The van der Waals surface area contributed by atoms with Gasteiger partial charge < -0.3 is 9.47 Å². The average Bonchev–Trinajstić information content (AvgIpc) is 3.46. The molecule has 0 atom stereocenters. The standard InChI is InChI=1S/C27H27NO3/c1-17(2)19-4-6-20(7-5-19)21-12-18(3)23(28-15-21)14-26(29)27(10-11-27)22-8-9-24-25(13-22)31-16-30-24/h4-9,12-13,15,17H,10-11,14,16H2,1-3H3. The Labute approximate surface area is 183 Å². The number of rotatable bonds is 6. The van der Waals surface area contributed by atoms with Crippen molar-refractivity contribution in [3.8, 4) is 22.6 Å². The Kier molecular flexibility index (Phi) is 4.81. The zero-order valence-electron chi connectivity index (χ0n) is 18.3. The maximum Gasteiger partial charge on any atom is 0.231 e. The maximum atomic E-state index is 13.3. The summed E-state index contributed by atoms with van der Waals surface area (Å²) >= 11 is 0. The average molecular weight is 414 g/mol. The number of pyridine rings is 1. The fourth-order valence-corrected chi connectivity index (χ4v) is 4.38. The van der Waals surface area contributed by atoms with Crippen LogP contribution in [0.25, 0.3) is 11.1 Å². The van der Waals surface area contributed by atoms with Crippen LogP contribution in [0.4, 0.5) is 0 Å². The third-order valence-corrected chi connectivity index (χ3v) is 6.63. The summed E-state index contributed by atoms with van der Waals surface area (Å²) in [5.74, 6) is 2.23. The minimum absolute atomic E-state index is 0.232. The predicted octanol–water partition coefficient (Wildman–Crippen LogP) is 5.75. The van der Waals surface area contributed by atoms with E-state index in [2.05, 4.69) is 49.2 Å². The van der Waals surface area contributed by atoms with Gasteiger partial charge in [-0.2, -0.15) is 0 Å². The molecule has 0 amide bonds. The summed E-state index contributed by atoms with van der Waals surface area (Å²) in [6.07, 6.45) is 4.00. The molecule has 0 N–H and O–H groups in total. The molecule has 2 aromatic carbocycles. The maximum absolute atomic E-state index is 13.3. The van der Waals surface area contributed by atoms with Crippen LogP contribution in [0.3, 0.4) is 0 Å². The SMILES string of the molecule is Cc1cc(-c2ccc(C(C)C)cc2)cnc1CC(=O)C1(c2ccc3c(c2)OCO3)CC1. The van der Waals surface area contributed by atoms with Crippen LogP contribution in [0.15, 0.2) is 54.7 Å². The van der Waals surface area contributed by atoms with Gasteiger partial charge in [-0.1, -0.05) is 44.2 Å². The highest BCUT2D eigenvalue weighted by atomic mass is 16.7. The quantitative estimate of drug-likeness (QED) is 0.516. The first kappa shape index (κ1) is 19.8. The second-order valence-corrected chi connectivity index (χ2v) is 9.01. The number of aromatic nitrogens is 1. The van der Waals surface area contributed by atoms with Gasteiger partial charge in [0.15, 0.2) is 11.5 Å². The van der Waals surface area contributed by atoms with Crippen LogP contribution in [0, 0.1) is 6.92 Å². The molecular formula is C27H27NO3. The highest BCUT2D eigenvalue weighted by Crippen LogP contribution is 2.51. The van der Waals surface area contributed by atoms with Crippen molar-refractivity contribution in [3.05, 3.63) is 77.1 Å². The van der Waals surface area contributed by atoms with E-state index >= 15 is 0 Å². The molecule has 1 saturated carbocycles. The Morgan fingerprint density at radius 1 is 1.00 bits per heavy atom. The molecule has 0 bridgehead atoms. The summed E-state index contributed by atoms with van der Waals surface area (Å²) in [7, 11) is 0. The van der Waals surface area contributed by atoms with E-state index in [1.165, 1.54) is 5.56 Å². The van der Waals surface area contributed by atoms with Crippen LogP contribution in [0.5, 0.6) is 11.5 Å². The largest absolute Gasteiger partial charge is 0.454 e. The zero-order chi connectivity index (χ0) is 21.6. The summed E-state index contributed by atoms with van der Waals surface area (Å²) in [5, 5.41) is 0. The molecule has 0 radical (unpaired) electrons. The van der Waals surface area contributed by atoms with Crippen molar-refractivity contribution in [1.82, 2.24) is 4.98 Å². The lowest BCUT2D eigenvalue weighted by molar-refractivity contribution is -0.120. The molecule has 31 heavy (non-hydrogen) atoms. The van der Waals surface area contributed by atoms with Crippen molar-refractivity contribution in [3.63, 3.8) is 0 Å². The number of carbonyl (C=O) groups is 1. The molecule has 1 aromatic heterocycles. The van der Waals surface area contributed by atoms with Crippen LogP contribution in [0.2, 0.25) is 0 Å². The Balaban J connectivity index is 1.35. The number of hydrogen-bond acceptors (Lipinski definition) is 4. The highest BCUT2D eigenvalue weighted by Gasteiger charge is 2.51. The Hall–Kier alpha value is -3.14. The van der Waals surface area contributed by atoms with Crippen molar-refractivity contribution in [1.29, 1.82) is 0 Å². The highest BCUT2D eigenvalue weighted by molar-refractivity contribution is 5.94. The molecule has 1 aliphatic heterocycles. The molecule has 5 rings (SSSR count). The lowest BCUT2D eigenvalue weighted by Crippen LogP contribution is -2.23. The van der Waals surface area contributed by atoms with Gasteiger partial charge in [0.25, 0.3) is 0 Å². The number of hydrogen-bond donors (Lipinski definition) is 0. The Bertz CT molecular complexity index is 1140. The van der Waals surface area contributed by atoms with Gasteiger partial charge in [0.1, 0.15) is 5.78 Å². The van der Waals surface area contributed by atoms with Gasteiger partial charge in [-0.05, 0) is 66.1 Å². The molecule has 158 valence electrons. The van der Waals surface area contributed by atoms with E-state index in [1.54, 1.807) is 0 Å². The van der Waals surface area contributed by atoms with Gasteiger partial charge in [0, 0.05) is 18.2 Å². The predicted molar refractivity (Wildman–Crippen MR) is 121 cm³/mol. The molecule has 4 nitrogen and oxygen atoms in total. The number of Topliss-reactive ketones (excluding diaryl/α,β-unsaturated/α-hetero) is 1. The van der Waals surface area contributed by atoms with E-state index in [0.29, 0.717) is 12.3 Å². The van der Waals surface area contributed by atoms with Crippen LogP contribution < -0.4 is 9.47 Å².